The van der Waals surface area contributed by atoms with E-state index in [1.54, 1.807) is 0 Å². The van der Waals surface area contributed by atoms with Crippen LogP contribution in [0.3, 0.4) is 0 Å². The van der Waals surface area contributed by atoms with Crippen LogP contribution in [0.1, 0.15) is 33.4 Å². The maximum absolute atomic E-state index is 4.79. The lowest BCUT2D eigenvalue weighted by Crippen LogP contribution is -2.03. The standard InChI is InChI=1S/C46H40N2/c1-4-12-39(13-5-1)43-18-10-11-35(31-43)19-20-36-21-26-40(27-22-37-24-29-45(47-33-37)41-14-6-2-7-15-41)44(32-36)28-23-38-25-30-46(48-34-38)42-16-8-3-9-17-42/h1-18,21,24-26,29-34H,19-20,22-23,27-28H2. The highest BCUT2D eigenvalue weighted by atomic mass is 14.7. The molecule has 0 saturated heterocycles. The molecule has 2 heterocycles. The molecule has 234 valence electrons. The van der Waals surface area contributed by atoms with Crippen LogP contribution in [-0.4, -0.2) is 9.97 Å². The highest BCUT2D eigenvalue weighted by molar-refractivity contribution is 5.64. The Labute approximate surface area is 284 Å². The second kappa shape index (κ2) is 15.3. The van der Waals surface area contributed by atoms with Gasteiger partial charge in [-0.3, -0.25) is 9.97 Å². The van der Waals surface area contributed by atoms with Crippen molar-refractivity contribution >= 4 is 0 Å². The van der Waals surface area contributed by atoms with Gasteiger partial charge in [-0.05, 0) is 95.2 Å². The van der Waals surface area contributed by atoms with Crippen molar-refractivity contribution in [2.45, 2.75) is 38.5 Å². The van der Waals surface area contributed by atoms with Gasteiger partial charge in [-0.25, -0.2) is 0 Å². The fourth-order valence-electron chi connectivity index (χ4n) is 6.40. The summed E-state index contributed by atoms with van der Waals surface area (Å²) in [6.07, 6.45) is 10.0. The van der Waals surface area contributed by atoms with E-state index in [1.807, 2.05) is 24.5 Å². The average Bonchev–Trinajstić information content (AvgIpc) is 3.17. The number of nitrogens with zero attached hydrogens (tertiary/aromatic N) is 2. The predicted molar refractivity (Wildman–Crippen MR) is 200 cm³/mol. The summed E-state index contributed by atoms with van der Waals surface area (Å²) in [6, 6.07) is 56.3. The molecule has 48 heavy (non-hydrogen) atoms. The molecule has 0 unspecified atom stereocenters. The Balaban J connectivity index is 1.06. The zero-order chi connectivity index (χ0) is 32.4. The third-order valence-corrected chi connectivity index (χ3v) is 9.16. The largest absolute Gasteiger partial charge is 0.256 e. The normalized spacial score (nSPS) is 11.0. The van der Waals surface area contributed by atoms with Gasteiger partial charge >= 0.3 is 0 Å². The Hall–Kier alpha value is -5.60. The van der Waals surface area contributed by atoms with Crippen LogP contribution in [0.5, 0.6) is 0 Å². The maximum Gasteiger partial charge on any atom is 0.0702 e. The van der Waals surface area contributed by atoms with E-state index in [9.17, 15) is 0 Å². The zero-order valence-corrected chi connectivity index (χ0v) is 27.3. The van der Waals surface area contributed by atoms with Crippen LogP contribution in [0.2, 0.25) is 0 Å². The zero-order valence-electron chi connectivity index (χ0n) is 27.3. The van der Waals surface area contributed by atoms with Crippen molar-refractivity contribution in [2.75, 3.05) is 0 Å². The summed E-state index contributed by atoms with van der Waals surface area (Å²) in [5.74, 6) is 0. The first-order chi connectivity index (χ1) is 23.8. The predicted octanol–water partition coefficient (Wildman–Crippen LogP) is 10.8. The molecular weight excluding hydrogens is 581 g/mol. The Morgan fingerprint density at radius 2 is 0.750 bits per heavy atom. The number of hydrogen-bond acceptors (Lipinski definition) is 2. The summed E-state index contributed by atoms with van der Waals surface area (Å²) >= 11 is 0. The lowest BCUT2D eigenvalue weighted by molar-refractivity contribution is 0.877. The molecule has 5 aromatic carbocycles. The quantitative estimate of drug-likeness (QED) is 0.136. The molecule has 7 rings (SSSR count). The SMILES string of the molecule is c1ccc(-c2cccc(CCc3ccc(CCc4ccc(-c5ccccc5)nc4)c(CCc4ccc(-c5ccccc5)nc4)c3)c2)cc1. The molecule has 0 radical (unpaired) electrons. The lowest BCUT2D eigenvalue weighted by Gasteiger charge is -2.13. The van der Waals surface area contributed by atoms with Crippen LogP contribution in [-0.2, 0) is 38.5 Å². The molecule has 0 aliphatic rings. The molecule has 2 heteroatoms. The number of aromatic nitrogens is 2. The molecule has 0 N–H and O–H groups in total. The number of hydrogen-bond donors (Lipinski definition) is 0. The fourth-order valence-corrected chi connectivity index (χ4v) is 6.40. The van der Waals surface area contributed by atoms with Gasteiger partial charge < -0.3 is 0 Å². The first-order valence-electron chi connectivity index (χ1n) is 17.0. The molecule has 7 aromatic rings. The van der Waals surface area contributed by atoms with E-state index in [4.69, 9.17) is 9.97 Å². The summed E-state index contributed by atoms with van der Waals surface area (Å²) < 4.78 is 0. The van der Waals surface area contributed by atoms with E-state index in [1.165, 1.54) is 44.5 Å². The lowest BCUT2D eigenvalue weighted by atomic mass is 9.92. The van der Waals surface area contributed by atoms with Crippen molar-refractivity contribution in [3.63, 3.8) is 0 Å². The van der Waals surface area contributed by atoms with Crippen LogP contribution in [0.15, 0.2) is 170 Å². The van der Waals surface area contributed by atoms with Crippen molar-refractivity contribution in [1.82, 2.24) is 9.97 Å². The first-order valence-corrected chi connectivity index (χ1v) is 17.0. The average molecular weight is 621 g/mol. The highest BCUT2D eigenvalue weighted by Crippen LogP contribution is 2.24. The van der Waals surface area contributed by atoms with Crippen LogP contribution in [0.25, 0.3) is 33.6 Å². The van der Waals surface area contributed by atoms with Gasteiger partial charge in [-0.2, -0.15) is 0 Å². The van der Waals surface area contributed by atoms with Crippen LogP contribution in [0.4, 0.5) is 0 Å². The Kier molecular flexibility index (Phi) is 9.91. The van der Waals surface area contributed by atoms with Gasteiger partial charge in [0.05, 0.1) is 11.4 Å². The van der Waals surface area contributed by atoms with Crippen molar-refractivity contribution in [2.24, 2.45) is 0 Å². The van der Waals surface area contributed by atoms with Gasteiger partial charge in [0.1, 0.15) is 0 Å². The van der Waals surface area contributed by atoms with Crippen molar-refractivity contribution in [1.29, 1.82) is 0 Å². The molecule has 0 bridgehead atoms. The van der Waals surface area contributed by atoms with E-state index in [-0.39, 0.29) is 0 Å². The van der Waals surface area contributed by atoms with Gasteiger partial charge in [0.25, 0.3) is 0 Å². The van der Waals surface area contributed by atoms with Crippen LogP contribution < -0.4 is 0 Å². The molecule has 2 nitrogen and oxygen atoms in total. The minimum atomic E-state index is 0.963. The topological polar surface area (TPSA) is 25.8 Å². The van der Waals surface area contributed by atoms with Crippen molar-refractivity contribution in [3.05, 3.63) is 203 Å². The number of rotatable bonds is 12. The minimum absolute atomic E-state index is 0.963. The second-order valence-corrected chi connectivity index (χ2v) is 12.5. The van der Waals surface area contributed by atoms with E-state index in [0.717, 1.165) is 61.0 Å². The monoisotopic (exact) mass is 620 g/mol. The molecule has 0 aliphatic heterocycles. The molecule has 2 aromatic heterocycles. The van der Waals surface area contributed by atoms with Gasteiger partial charge in [0.2, 0.25) is 0 Å². The number of aryl methyl sites for hydroxylation is 6. The third kappa shape index (κ3) is 8.03. The first kappa shape index (κ1) is 31.0. The number of pyridine rings is 2. The van der Waals surface area contributed by atoms with E-state index < -0.39 is 0 Å². The van der Waals surface area contributed by atoms with Gasteiger partial charge in [0, 0.05) is 23.5 Å². The van der Waals surface area contributed by atoms with E-state index >= 15 is 0 Å². The van der Waals surface area contributed by atoms with Crippen LogP contribution >= 0.6 is 0 Å². The van der Waals surface area contributed by atoms with Crippen molar-refractivity contribution < 1.29 is 0 Å². The molecular formula is C46H40N2. The highest BCUT2D eigenvalue weighted by Gasteiger charge is 2.09. The van der Waals surface area contributed by atoms with E-state index in [0.29, 0.717) is 0 Å². The molecule has 0 amide bonds. The molecule has 0 saturated carbocycles. The number of benzene rings is 5. The maximum atomic E-state index is 4.79. The smallest absolute Gasteiger partial charge is 0.0702 e. The summed E-state index contributed by atoms with van der Waals surface area (Å²) in [4.78, 5) is 9.57. The Bertz CT molecular complexity index is 2030. The second-order valence-electron chi connectivity index (χ2n) is 12.5. The minimum Gasteiger partial charge on any atom is -0.256 e. The Morgan fingerprint density at radius 3 is 1.29 bits per heavy atom. The van der Waals surface area contributed by atoms with E-state index in [2.05, 4.69) is 146 Å². The molecule has 0 spiro atoms. The van der Waals surface area contributed by atoms with Gasteiger partial charge in [0.15, 0.2) is 0 Å². The summed E-state index contributed by atoms with van der Waals surface area (Å²) in [5.41, 5.74) is 15.0. The third-order valence-electron chi connectivity index (χ3n) is 9.16. The van der Waals surface area contributed by atoms with Crippen molar-refractivity contribution in [3.8, 4) is 33.6 Å². The summed E-state index contributed by atoms with van der Waals surface area (Å²) in [7, 11) is 0. The van der Waals surface area contributed by atoms with Gasteiger partial charge in [-0.15, -0.1) is 0 Å². The molecule has 0 fully saturated rings. The van der Waals surface area contributed by atoms with Crippen LogP contribution in [0, 0.1) is 0 Å². The fraction of sp³-hybridized carbons (Fsp3) is 0.130. The Morgan fingerprint density at radius 1 is 0.292 bits per heavy atom. The van der Waals surface area contributed by atoms with Gasteiger partial charge in [-0.1, -0.05) is 146 Å². The molecule has 0 aliphatic carbocycles. The molecule has 0 atom stereocenters. The summed E-state index contributed by atoms with van der Waals surface area (Å²) in [5, 5.41) is 0. The summed E-state index contributed by atoms with van der Waals surface area (Å²) in [6.45, 7) is 0.